The number of rotatable bonds is 15. The van der Waals surface area contributed by atoms with Crippen LogP contribution in [0, 0.1) is 0 Å². The molecule has 0 aromatic carbocycles. The summed E-state index contributed by atoms with van der Waals surface area (Å²) in [4.78, 5) is 12.6. The summed E-state index contributed by atoms with van der Waals surface area (Å²) < 4.78 is 90.8. The minimum Gasteiger partial charge on any atom is -0.286 e. The quantitative estimate of drug-likeness (QED) is 0.160. The van der Waals surface area contributed by atoms with Crippen molar-refractivity contribution >= 4 is 65.6 Å². The standard InChI is InChI=1S/C12H21N3O9S6/c16-28(17,18)7-1-4-25-10-13-11(26-5-2-8-29(19,20)21)15-12(14-10)27-6-3-9-30(22,23)24/h1-9H2,(H,16,17,18)(H,19,20,21)(H,22,23,24). The third kappa shape index (κ3) is 15.6. The maximum atomic E-state index is 10.8. The summed E-state index contributed by atoms with van der Waals surface area (Å²) in [7, 11) is -12.2. The lowest BCUT2D eigenvalue weighted by Gasteiger charge is -2.06. The van der Waals surface area contributed by atoms with Crippen molar-refractivity contribution in [2.75, 3.05) is 34.5 Å². The third-order valence-corrected chi connectivity index (χ3v) is 8.12. The second-order valence-electron chi connectivity index (χ2n) is 5.65. The van der Waals surface area contributed by atoms with Crippen molar-refractivity contribution in [2.24, 2.45) is 0 Å². The van der Waals surface area contributed by atoms with Gasteiger partial charge in [-0.1, -0.05) is 35.3 Å². The van der Waals surface area contributed by atoms with Crippen LogP contribution in [-0.4, -0.2) is 88.4 Å². The molecule has 174 valence electrons. The number of aromatic nitrogens is 3. The molecule has 0 amide bonds. The molecule has 0 atom stereocenters. The molecule has 0 fully saturated rings. The van der Waals surface area contributed by atoms with E-state index >= 15 is 0 Å². The van der Waals surface area contributed by atoms with E-state index in [2.05, 4.69) is 15.0 Å². The van der Waals surface area contributed by atoms with Crippen LogP contribution in [0.25, 0.3) is 0 Å². The fourth-order valence-electron chi connectivity index (χ4n) is 1.73. The Bertz CT molecular complexity index is 857. The van der Waals surface area contributed by atoms with Gasteiger partial charge in [-0.05, 0) is 19.3 Å². The molecule has 0 spiro atoms. The van der Waals surface area contributed by atoms with Crippen molar-refractivity contribution in [3.63, 3.8) is 0 Å². The fourth-order valence-corrected chi connectivity index (χ4v) is 6.30. The molecule has 0 saturated carbocycles. The fraction of sp³-hybridized carbons (Fsp3) is 0.750. The maximum absolute atomic E-state index is 10.8. The zero-order chi connectivity index (χ0) is 22.8. The molecule has 1 rings (SSSR count). The molecular formula is C12H21N3O9S6. The van der Waals surface area contributed by atoms with E-state index < -0.39 is 47.6 Å². The van der Waals surface area contributed by atoms with Gasteiger partial charge in [-0.3, -0.25) is 13.7 Å². The van der Waals surface area contributed by atoms with Gasteiger partial charge >= 0.3 is 0 Å². The predicted molar refractivity (Wildman–Crippen MR) is 115 cm³/mol. The molecule has 0 aliphatic heterocycles. The van der Waals surface area contributed by atoms with Crippen molar-refractivity contribution in [1.82, 2.24) is 15.0 Å². The second-order valence-corrected chi connectivity index (χ2v) is 13.5. The highest BCUT2D eigenvalue weighted by molar-refractivity contribution is 8.00. The van der Waals surface area contributed by atoms with Gasteiger partial charge in [0.1, 0.15) is 0 Å². The summed E-state index contributed by atoms with van der Waals surface area (Å²) >= 11 is 3.42. The zero-order valence-electron chi connectivity index (χ0n) is 15.4. The van der Waals surface area contributed by atoms with Crippen molar-refractivity contribution in [3.8, 4) is 0 Å². The Morgan fingerprint density at radius 3 is 0.967 bits per heavy atom. The lowest BCUT2D eigenvalue weighted by Crippen LogP contribution is -2.06. The van der Waals surface area contributed by atoms with Crippen molar-refractivity contribution in [3.05, 3.63) is 0 Å². The molecule has 0 aliphatic rings. The molecule has 0 aliphatic carbocycles. The van der Waals surface area contributed by atoms with Gasteiger partial charge in [0.15, 0.2) is 15.5 Å². The van der Waals surface area contributed by atoms with Crippen LogP contribution >= 0.6 is 35.3 Å². The summed E-state index contributed by atoms with van der Waals surface area (Å²) in [5.74, 6) is -0.282. The van der Waals surface area contributed by atoms with Crippen molar-refractivity contribution < 1.29 is 38.9 Å². The highest BCUT2D eigenvalue weighted by atomic mass is 32.2. The van der Waals surface area contributed by atoms with E-state index in [1.807, 2.05) is 0 Å². The Balaban J connectivity index is 2.73. The Labute approximate surface area is 188 Å². The highest BCUT2D eigenvalue weighted by Crippen LogP contribution is 2.24. The largest absolute Gasteiger partial charge is 0.286 e. The van der Waals surface area contributed by atoms with Crippen LogP contribution in [0.4, 0.5) is 0 Å². The first-order valence-electron chi connectivity index (χ1n) is 8.23. The summed E-state index contributed by atoms with van der Waals surface area (Å²) in [5.41, 5.74) is 0. The molecule has 0 saturated heterocycles. The van der Waals surface area contributed by atoms with Crippen LogP contribution in [0.3, 0.4) is 0 Å². The third-order valence-electron chi connectivity index (χ3n) is 2.91. The van der Waals surface area contributed by atoms with Crippen LogP contribution in [-0.2, 0) is 30.4 Å². The molecule has 0 radical (unpaired) electrons. The van der Waals surface area contributed by atoms with Crippen LogP contribution in [0.15, 0.2) is 15.5 Å². The van der Waals surface area contributed by atoms with E-state index in [4.69, 9.17) is 13.7 Å². The van der Waals surface area contributed by atoms with E-state index in [0.29, 0.717) is 17.3 Å². The minimum absolute atomic E-state index is 0.169. The van der Waals surface area contributed by atoms with Gasteiger partial charge in [-0.25, -0.2) is 0 Å². The topological polar surface area (TPSA) is 202 Å². The van der Waals surface area contributed by atoms with Gasteiger partial charge in [0, 0.05) is 17.3 Å². The van der Waals surface area contributed by atoms with E-state index in [1.165, 1.54) is 0 Å². The first-order valence-corrected chi connectivity index (χ1v) is 16.0. The molecule has 1 heterocycles. The van der Waals surface area contributed by atoms with Crippen LogP contribution in [0.2, 0.25) is 0 Å². The average Bonchev–Trinajstić information content (AvgIpc) is 2.57. The Morgan fingerprint density at radius 1 is 0.533 bits per heavy atom. The van der Waals surface area contributed by atoms with Gasteiger partial charge < -0.3 is 0 Å². The monoisotopic (exact) mass is 543 g/mol. The summed E-state index contributed by atoms with van der Waals surface area (Å²) in [6, 6.07) is 0. The van der Waals surface area contributed by atoms with Gasteiger partial charge in [0.25, 0.3) is 30.4 Å². The first-order chi connectivity index (χ1) is 13.7. The van der Waals surface area contributed by atoms with Crippen LogP contribution < -0.4 is 0 Å². The van der Waals surface area contributed by atoms with Gasteiger partial charge in [-0.2, -0.15) is 40.2 Å². The number of nitrogens with zero attached hydrogens (tertiary/aromatic N) is 3. The average molecular weight is 544 g/mol. The molecule has 0 bridgehead atoms. The van der Waals surface area contributed by atoms with Crippen LogP contribution in [0.5, 0.6) is 0 Å². The molecule has 1 aromatic rings. The summed E-state index contributed by atoms with van der Waals surface area (Å²) in [6.07, 6.45) is 0.508. The van der Waals surface area contributed by atoms with E-state index in [1.54, 1.807) is 0 Å². The lowest BCUT2D eigenvalue weighted by atomic mass is 10.6. The van der Waals surface area contributed by atoms with E-state index in [9.17, 15) is 25.3 Å². The Morgan fingerprint density at radius 2 is 0.767 bits per heavy atom. The van der Waals surface area contributed by atoms with Gasteiger partial charge in [0.05, 0.1) is 17.3 Å². The molecule has 1 aromatic heterocycles. The molecule has 3 N–H and O–H groups in total. The van der Waals surface area contributed by atoms with Crippen molar-refractivity contribution in [1.29, 1.82) is 0 Å². The number of hydrogen-bond donors (Lipinski definition) is 3. The summed E-state index contributed by atoms with van der Waals surface area (Å²) in [5, 5.41) is 0.861. The molecule has 18 heteroatoms. The molecular weight excluding hydrogens is 523 g/mol. The van der Waals surface area contributed by atoms with Crippen molar-refractivity contribution in [2.45, 2.75) is 34.7 Å². The first kappa shape index (κ1) is 27.8. The number of thioether (sulfide) groups is 3. The van der Waals surface area contributed by atoms with E-state index in [0.717, 1.165) is 35.3 Å². The lowest BCUT2D eigenvalue weighted by molar-refractivity contribution is 0.480. The zero-order valence-corrected chi connectivity index (χ0v) is 20.3. The Kier molecular flexibility index (Phi) is 11.8. The number of hydrogen-bond acceptors (Lipinski definition) is 12. The smallest absolute Gasteiger partial charge is 0.264 e. The molecule has 30 heavy (non-hydrogen) atoms. The second kappa shape index (κ2) is 12.7. The minimum atomic E-state index is -4.06. The summed E-state index contributed by atoms with van der Waals surface area (Å²) in [6.45, 7) is 0. The SMILES string of the molecule is O=S(=O)(O)CCCSc1nc(SCCCS(=O)(=O)O)nc(SCCCS(=O)(=O)O)n1. The molecule has 0 unspecified atom stereocenters. The van der Waals surface area contributed by atoms with E-state index in [-0.39, 0.29) is 34.7 Å². The predicted octanol–water partition coefficient (Wildman–Crippen LogP) is 0.982. The van der Waals surface area contributed by atoms with Gasteiger partial charge in [0.2, 0.25) is 0 Å². The maximum Gasteiger partial charge on any atom is 0.264 e. The highest BCUT2D eigenvalue weighted by Gasteiger charge is 2.12. The normalized spacial score (nSPS) is 12.9. The van der Waals surface area contributed by atoms with Gasteiger partial charge in [-0.15, -0.1) is 0 Å². The molecule has 12 nitrogen and oxygen atoms in total. The Hall–Kier alpha value is -0.210. The van der Waals surface area contributed by atoms with Crippen LogP contribution in [0.1, 0.15) is 19.3 Å².